The van der Waals surface area contributed by atoms with Gasteiger partial charge in [0.15, 0.2) is 0 Å². The highest BCUT2D eigenvalue weighted by molar-refractivity contribution is 5.97. The number of carbonyl (C=O) groups is 1. The van der Waals surface area contributed by atoms with Crippen molar-refractivity contribution >= 4 is 11.6 Å². The number of rotatable bonds is 1. The molecular weight excluding hydrogens is 147 g/mol. The molecule has 3 nitrogen and oxygen atoms in total. The van der Waals surface area contributed by atoms with Crippen LogP contribution in [0.15, 0.2) is 24.3 Å². The van der Waals surface area contributed by atoms with Crippen molar-refractivity contribution in [3.63, 3.8) is 0 Å². The highest BCUT2D eigenvalue weighted by Crippen LogP contribution is 2.08. The van der Waals surface area contributed by atoms with Crippen molar-refractivity contribution in [2.45, 2.75) is 0 Å². The third-order valence-electron chi connectivity index (χ3n) is 1.23. The fraction of sp³-hybridized carbons (Fsp3) is 0. The van der Waals surface area contributed by atoms with Gasteiger partial charge in [-0.3, -0.25) is 9.50 Å². The van der Waals surface area contributed by atoms with E-state index in [0.29, 0.717) is 11.3 Å². The van der Waals surface area contributed by atoms with E-state index in [-0.39, 0.29) is 4.70 Å². The molecule has 4 heteroatoms. The molecule has 1 aromatic rings. The van der Waals surface area contributed by atoms with Crippen LogP contribution in [0.4, 0.5) is 10.4 Å². The molecule has 0 aliphatic heterocycles. The average molecular weight is 156 g/mol. The van der Waals surface area contributed by atoms with Crippen molar-refractivity contribution in [3.05, 3.63) is 29.8 Å². The summed E-state index contributed by atoms with van der Waals surface area (Å²) in [7, 11) is 0. The summed E-state index contributed by atoms with van der Waals surface area (Å²) >= 11 is 0. The summed E-state index contributed by atoms with van der Waals surface area (Å²) in [5.74, 6) is -0.488. The Morgan fingerprint density at radius 3 is 2.18 bits per heavy atom. The van der Waals surface area contributed by atoms with Gasteiger partial charge in [0.1, 0.15) is 0 Å². The minimum absolute atomic E-state index is 0. The second kappa shape index (κ2) is 3.55. The van der Waals surface area contributed by atoms with E-state index < -0.39 is 5.91 Å². The van der Waals surface area contributed by atoms with Crippen LogP contribution in [-0.2, 0) is 0 Å². The molecule has 1 aromatic carbocycles. The fourth-order valence-electron chi connectivity index (χ4n) is 0.721. The number of para-hydroxylation sites is 1. The first kappa shape index (κ1) is 9.42. The molecule has 1 rings (SSSR count). The molecule has 0 radical (unpaired) electrons. The van der Waals surface area contributed by atoms with Crippen molar-refractivity contribution in [2.75, 3.05) is 5.73 Å². The number of primary amides is 1. The molecule has 0 aliphatic rings. The Bertz CT molecular complexity index is 262. The second-order valence-electron chi connectivity index (χ2n) is 1.95. The van der Waals surface area contributed by atoms with E-state index in [1.165, 1.54) is 0 Å². The van der Waals surface area contributed by atoms with Crippen molar-refractivity contribution in [1.82, 2.24) is 0 Å². The van der Waals surface area contributed by atoms with Crippen LogP contribution in [0, 0.1) is 0 Å². The van der Waals surface area contributed by atoms with Crippen LogP contribution in [0.1, 0.15) is 10.4 Å². The van der Waals surface area contributed by atoms with Crippen molar-refractivity contribution in [2.24, 2.45) is 5.73 Å². The number of halogens is 1. The van der Waals surface area contributed by atoms with E-state index in [0.717, 1.165) is 0 Å². The predicted octanol–water partition coefficient (Wildman–Crippen LogP) is 0.520. The van der Waals surface area contributed by atoms with E-state index in [9.17, 15) is 4.79 Å². The van der Waals surface area contributed by atoms with Crippen LogP contribution < -0.4 is 11.5 Å². The zero-order chi connectivity index (χ0) is 7.56. The molecule has 0 heterocycles. The Morgan fingerprint density at radius 2 is 1.82 bits per heavy atom. The third kappa shape index (κ3) is 1.93. The average Bonchev–Trinajstić information content (AvgIpc) is 1.88. The summed E-state index contributed by atoms with van der Waals surface area (Å²) in [4.78, 5) is 10.6. The second-order valence-corrected chi connectivity index (χ2v) is 1.95. The maximum atomic E-state index is 10.6. The first-order valence-corrected chi connectivity index (χ1v) is 2.86. The van der Waals surface area contributed by atoms with Crippen LogP contribution in [0.2, 0.25) is 0 Å². The van der Waals surface area contributed by atoms with Gasteiger partial charge in [0.05, 0.1) is 5.56 Å². The van der Waals surface area contributed by atoms with Gasteiger partial charge in [0, 0.05) is 5.69 Å². The molecule has 0 bridgehead atoms. The molecule has 1 amide bonds. The number of carbonyl (C=O) groups excluding carboxylic acids is 1. The molecular formula is C7H9FN2O. The standard InChI is InChI=1S/C7H8N2O.FH/c8-6-4-2-1-3-5(6)7(9)10;/h1-4H,8H2,(H2,9,10);1H. The number of hydrogen-bond acceptors (Lipinski definition) is 2. The van der Waals surface area contributed by atoms with Gasteiger partial charge in [-0.1, -0.05) is 12.1 Å². The van der Waals surface area contributed by atoms with Gasteiger partial charge in [-0.25, -0.2) is 0 Å². The SMILES string of the molecule is F.NC(=O)c1ccccc1N. The van der Waals surface area contributed by atoms with Crippen LogP contribution in [0.25, 0.3) is 0 Å². The number of hydrogen-bond donors (Lipinski definition) is 2. The summed E-state index contributed by atoms with van der Waals surface area (Å²) in [6.07, 6.45) is 0. The Morgan fingerprint density at radius 1 is 1.27 bits per heavy atom. The monoisotopic (exact) mass is 156 g/mol. The van der Waals surface area contributed by atoms with E-state index >= 15 is 0 Å². The number of amides is 1. The van der Waals surface area contributed by atoms with Gasteiger partial charge in [-0.2, -0.15) is 0 Å². The molecule has 0 aliphatic carbocycles. The van der Waals surface area contributed by atoms with Crippen LogP contribution in [-0.4, -0.2) is 5.91 Å². The van der Waals surface area contributed by atoms with Crippen molar-refractivity contribution in [1.29, 1.82) is 0 Å². The van der Waals surface area contributed by atoms with Gasteiger partial charge in [-0.15, -0.1) is 0 Å². The smallest absolute Gasteiger partial charge is 0.250 e. The van der Waals surface area contributed by atoms with Gasteiger partial charge in [-0.05, 0) is 12.1 Å². The van der Waals surface area contributed by atoms with Crippen LogP contribution in [0.5, 0.6) is 0 Å². The summed E-state index contributed by atoms with van der Waals surface area (Å²) < 4.78 is 0. The Balaban J connectivity index is 0.000001000. The molecule has 60 valence electrons. The zero-order valence-electron chi connectivity index (χ0n) is 5.78. The van der Waals surface area contributed by atoms with Gasteiger partial charge < -0.3 is 11.5 Å². The number of nitrogen functional groups attached to an aromatic ring is 1. The normalized spacial score (nSPS) is 8.36. The van der Waals surface area contributed by atoms with Gasteiger partial charge in [0.25, 0.3) is 5.91 Å². The van der Waals surface area contributed by atoms with Gasteiger partial charge in [0.2, 0.25) is 0 Å². The lowest BCUT2D eigenvalue weighted by Crippen LogP contribution is -2.12. The summed E-state index contributed by atoms with van der Waals surface area (Å²) in [6, 6.07) is 6.70. The Hall–Kier alpha value is -1.58. The maximum absolute atomic E-state index is 10.6. The van der Waals surface area contributed by atoms with Gasteiger partial charge >= 0.3 is 0 Å². The van der Waals surface area contributed by atoms with Crippen LogP contribution in [0.3, 0.4) is 0 Å². The largest absolute Gasteiger partial charge is 0.398 e. The molecule has 0 aromatic heterocycles. The first-order chi connectivity index (χ1) is 4.72. The summed E-state index contributed by atoms with van der Waals surface area (Å²) in [5, 5.41) is 0. The highest BCUT2D eigenvalue weighted by Gasteiger charge is 2.01. The van der Waals surface area contributed by atoms with Crippen molar-refractivity contribution < 1.29 is 9.50 Å². The Labute approximate surface area is 63.4 Å². The molecule has 0 atom stereocenters. The molecule has 0 unspecified atom stereocenters. The predicted molar refractivity (Wildman–Crippen MR) is 41.9 cm³/mol. The third-order valence-corrected chi connectivity index (χ3v) is 1.23. The Kier molecular flexibility index (Phi) is 3.04. The summed E-state index contributed by atoms with van der Waals surface area (Å²) in [5.41, 5.74) is 11.2. The molecule has 0 saturated carbocycles. The highest BCUT2D eigenvalue weighted by atomic mass is 19.0. The lowest BCUT2D eigenvalue weighted by molar-refractivity contribution is 0.100. The first-order valence-electron chi connectivity index (χ1n) is 2.86. The van der Waals surface area contributed by atoms with Crippen molar-refractivity contribution in [3.8, 4) is 0 Å². The number of benzene rings is 1. The minimum Gasteiger partial charge on any atom is -0.398 e. The number of anilines is 1. The molecule has 0 saturated heterocycles. The fourth-order valence-corrected chi connectivity index (χ4v) is 0.721. The van der Waals surface area contributed by atoms with E-state index in [1.54, 1.807) is 24.3 Å². The van der Waals surface area contributed by atoms with E-state index in [2.05, 4.69) is 0 Å². The van der Waals surface area contributed by atoms with Crippen LogP contribution >= 0.6 is 0 Å². The lowest BCUT2D eigenvalue weighted by Gasteiger charge is -1.97. The number of nitrogens with two attached hydrogens (primary N) is 2. The minimum atomic E-state index is -0.488. The molecule has 11 heavy (non-hydrogen) atoms. The molecule has 4 N–H and O–H groups in total. The molecule has 0 fully saturated rings. The summed E-state index contributed by atoms with van der Waals surface area (Å²) in [6.45, 7) is 0. The topological polar surface area (TPSA) is 69.1 Å². The molecule has 0 spiro atoms. The maximum Gasteiger partial charge on any atom is 0.250 e. The van der Waals surface area contributed by atoms with E-state index in [1.807, 2.05) is 0 Å². The van der Waals surface area contributed by atoms with E-state index in [4.69, 9.17) is 11.5 Å². The lowest BCUT2D eigenvalue weighted by atomic mass is 10.2. The zero-order valence-corrected chi connectivity index (χ0v) is 5.78. The quantitative estimate of drug-likeness (QED) is 0.582.